The molecule has 2 rings (SSSR count). The van der Waals surface area contributed by atoms with E-state index < -0.39 is 11.8 Å². The predicted octanol–water partition coefficient (Wildman–Crippen LogP) is 3.03. The van der Waals surface area contributed by atoms with Gasteiger partial charge in [-0.25, -0.2) is 4.79 Å². The number of carbonyl (C=O) groups excluding carboxylic acids is 1. The second-order valence-corrected chi connectivity index (χ2v) is 4.31. The largest absolute Gasteiger partial charge is 0.514 e. The maximum atomic E-state index is 10.9. The van der Waals surface area contributed by atoms with Crippen LogP contribution in [-0.2, 0) is 9.47 Å². The molecule has 1 aliphatic heterocycles. The summed E-state index contributed by atoms with van der Waals surface area (Å²) in [5, 5.41) is 3.95. The summed E-state index contributed by atoms with van der Waals surface area (Å²) in [5.41, 5.74) is 0.371. The zero-order valence-electron chi connectivity index (χ0n) is 7.94. The third kappa shape index (κ3) is 1.65. The zero-order chi connectivity index (χ0) is 10.2. The highest BCUT2D eigenvalue weighted by atomic mass is 32.1. The van der Waals surface area contributed by atoms with Gasteiger partial charge in [0.05, 0.1) is 0 Å². The fourth-order valence-corrected chi connectivity index (χ4v) is 1.82. The van der Waals surface area contributed by atoms with Crippen LogP contribution in [0.25, 0.3) is 6.08 Å². The Morgan fingerprint density at radius 2 is 2.29 bits per heavy atom. The number of hydrogen-bond donors (Lipinski definition) is 0. The molecule has 0 N–H and O–H groups in total. The molecule has 14 heavy (non-hydrogen) atoms. The molecule has 4 heteroatoms. The van der Waals surface area contributed by atoms with Gasteiger partial charge in [0.15, 0.2) is 11.4 Å². The second kappa shape index (κ2) is 3.13. The van der Waals surface area contributed by atoms with Gasteiger partial charge in [-0.2, -0.15) is 11.3 Å². The fraction of sp³-hybridized carbons (Fsp3) is 0.300. The molecule has 0 bridgehead atoms. The van der Waals surface area contributed by atoms with E-state index >= 15 is 0 Å². The van der Waals surface area contributed by atoms with Gasteiger partial charge in [-0.3, -0.25) is 0 Å². The molecule has 1 aliphatic rings. The summed E-state index contributed by atoms with van der Waals surface area (Å²) in [4.78, 5) is 10.9. The first kappa shape index (κ1) is 9.27. The molecular formula is C10H10O3S. The smallest absolute Gasteiger partial charge is 0.420 e. The van der Waals surface area contributed by atoms with Gasteiger partial charge in [0.25, 0.3) is 0 Å². The highest BCUT2D eigenvalue weighted by molar-refractivity contribution is 7.08. The molecule has 0 aromatic carbocycles. The highest BCUT2D eigenvalue weighted by Crippen LogP contribution is 2.31. The minimum Gasteiger partial charge on any atom is -0.420 e. The van der Waals surface area contributed by atoms with E-state index in [-0.39, 0.29) is 0 Å². The van der Waals surface area contributed by atoms with E-state index in [1.165, 1.54) is 0 Å². The quantitative estimate of drug-likeness (QED) is 0.668. The standard InChI is InChI=1S/C10H10O3S/c1-10(2)8(12-9(11)13-10)5-7-3-4-14-6-7/h3-6H,1-2H3/b8-5+. The van der Waals surface area contributed by atoms with Crippen LogP contribution in [0.5, 0.6) is 0 Å². The maximum absolute atomic E-state index is 10.9. The molecule has 2 heterocycles. The molecule has 0 saturated carbocycles. The summed E-state index contributed by atoms with van der Waals surface area (Å²) in [6.07, 6.45) is 1.19. The number of ether oxygens (including phenoxy) is 2. The summed E-state index contributed by atoms with van der Waals surface area (Å²) in [6, 6.07) is 1.96. The molecule has 0 amide bonds. The third-order valence-corrected chi connectivity index (χ3v) is 2.67. The number of hydrogen-bond acceptors (Lipinski definition) is 4. The van der Waals surface area contributed by atoms with Crippen LogP contribution in [0.1, 0.15) is 19.4 Å². The predicted molar refractivity (Wildman–Crippen MR) is 53.9 cm³/mol. The summed E-state index contributed by atoms with van der Waals surface area (Å²) in [5.74, 6) is 0.556. The molecule has 1 fully saturated rings. The first-order valence-corrected chi connectivity index (χ1v) is 5.17. The summed E-state index contributed by atoms with van der Waals surface area (Å²) in [7, 11) is 0. The van der Waals surface area contributed by atoms with Crippen LogP contribution in [0.15, 0.2) is 22.6 Å². The molecular weight excluding hydrogens is 200 g/mol. The highest BCUT2D eigenvalue weighted by Gasteiger charge is 2.39. The van der Waals surface area contributed by atoms with Crippen LogP contribution in [-0.4, -0.2) is 11.8 Å². The third-order valence-electron chi connectivity index (χ3n) is 1.97. The van der Waals surface area contributed by atoms with Crippen LogP contribution in [0.4, 0.5) is 4.79 Å². The van der Waals surface area contributed by atoms with Gasteiger partial charge in [-0.1, -0.05) is 0 Å². The average molecular weight is 210 g/mol. The minimum absolute atomic E-state index is 0.556. The van der Waals surface area contributed by atoms with Crippen molar-refractivity contribution < 1.29 is 14.3 Å². The first-order valence-electron chi connectivity index (χ1n) is 4.23. The van der Waals surface area contributed by atoms with E-state index in [4.69, 9.17) is 9.47 Å². The molecule has 0 aliphatic carbocycles. The monoisotopic (exact) mass is 210 g/mol. The van der Waals surface area contributed by atoms with Gasteiger partial charge in [-0.15, -0.1) is 0 Å². The Balaban J connectivity index is 2.31. The normalized spacial score (nSPS) is 22.1. The molecule has 0 radical (unpaired) electrons. The molecule has 1 aromatic rings. The van der Waals surface area contributed by atoms with Crippen LogP contribution >= 0.6 is 11.3 Å². The Kier molecular flexibility index (Phi) is 2.07. The topological polar surface area (TPSA) is 35.5 Å². The van der Waals surface area contributed by atoms with Crippen molar-refractivity contribution in [3.63, 3.8) is 0 Å². The molecule has 74 valence electrons. The lowest BCUT2D eigenvalue weighted by molar-refractivity contribution is 0.0873. The van der Waals surface area contributed by atoms with E-state index in [0.717, 1.165) is 5.56 Å². The van der Waals surface area contributed by atoms with Crippen LogP contribution < -0.4 is 0 Å². The van der Waals surface area contributed by atoms with Gasteiger partial charge in [-0.05, 0) is 42.3 Å². The Bertz CT molecular complexity index is 376. The van der Waals surface area contributed by atoms with E-state index in [0.29, 0.717) is 5.76 Å². The summed E-state index contributed by atoms with van der Waals surface area (Å²) < 4.78 is 9.94. The number of carbonyl (C=O) groups is 1. The SMILES string of the molecule is CC1(C)OC(=O)O/C1=C/c1ccsc1. The lowest BCUT2D eigenvalue weighted by atomic mass is 10.1. The van der Waals surface area contributed by atoms with Gasteiger partial charge in [0, 0.05) is 0 Å². The average Bonchev–Trinajstić information content (AvgIpc) is 2.61. The fourth-order valence-electron chi connectivity index (χ4n) is 1.20. The van der Waals surface area contributed by atoms with Gasteiger partial charge in [0.1, 0.15) is 0 Å². The van der Waals surface area contributed by atoms with Crippen molar-refractivity contribution in [1.29, 1.82) is 0 Å². The van der Waals surface area contributed by atoms with Crippen LogP contribution in [0.3, 0.4) is 0 Å². The number of cyclic esters (lactones) is 2. The van der Waals surface area contributed by atoms with Crippen molar-refractivity contribution >= 4 is 23.6 Å². The van der Waals surface area contributed by atoms with Crippen molar-refractivity contribution in [3.8, 4) is 0 Å². The van der Waals surface area contributed by atoms with Crippen LogP contribution in [0, 0.1) is 0 Å². The maximum Gasteiger partial charge on any atom is 0.514 e. The molecule has 0 spiro atoms. The first-order chi connectivity index (χ1) is 6.58. The van der Waals surface area contributed by atoms with Gasteiger partial charge >= 0.3 is 6.16 Å². The van der Waals surface area contributed by atoms with Crippen molar-refractivity contribution in [1.82, 2.24) is 0 Å². The second-order valence-electron chi connectivity index (χ2n) is 3.53. The van der Waals surface area contributed by atoms with E-state index in [1.807, 2.05) is 22.9 Å². The van der Waals surface area contributed by atoms with Gasteiger partial charge in [0.2, 0.25) is 0 Å². The lowest BCUT2D eigenvalue weighted by Gasteiger charge is -2.13. The Hall–Kier alpha value is -1.29. The summed E-state index contributed by atoms with van der Waals surface area (Å²) in [6.45, 7) is 3.60. The zero-order valence-corrected chi connectivity index (χ0v) is 8.76. The van der Waals surface area contributed by atoms with Crippen molar-refractivity contribution in [2.75, 3.05) is 0 Å². The molecule has 1 aromatic heterocycles. The molecule has 3 nitrogen and oxygen atoms in total. The van der Waals surface area contributed by atoms with Gasteiger partial charge < -0.3 is 9.47 Å². The van der Waals surface area contributed by atoms with Crippen molar-refractivity contribution in [3.05, 3.63) is 28.1 Å². The van der Waals surface area contributed by atoms with Crippen molar-refractivity contribution in [2.45, 2.75) is 19.4 Å². The Morgan fingerprint density at radius 3 is 2.79 bits per heavy atom. The summed E-state index contributed by atoms with van der Waals surface area (Å²) >= 11 is 1.60. The number of thiophene rings is 1. The minimum atomic E-state index is -0.654. The van der Waals surface area contributed by atoms with Crippen molar-refractivity contribution in [2.24, 2.45) is 0 Å². The molecule has 0 unspecified atom stereocenters. The van der Waals surface area contributed by atoms with Crippen LogP contribution in [0.2, 0.25) is 0 Å². The number of rotatable bonds is 1. The molecule has 1 saturated heterocycles. The van der Waals surface area contributed by atoms with E-state index in [2.05, 4.69) is 0 Å². The molecule has 0 atom stereocenters. The Morgan fingerprint density at radius 1 is 1.50 bits per heavy atom. The van der Waals surface area contributed by atoms with E-state index in [9.17, 15) is 4.79 Å². The van der Waals surface area contributed by atoms with E-state index in [1.54, 1.807) is 25.2 Å². The Labute approximate surface area is 86.0 Å². The lowest BCUT2D eigenvalue weighted by Crippen LogP contribution is -2.20.